The van der Waals surface area contributed by atoms with Gasteiger partial charge in [0.05, 0.1) is 13.2 Å². The molecule has 0 N–H and O–H groups in total. The van der Waals surface area contributed by atoms with Crippen LogP contribution >= 0.6 is 0 Å². The van der Waals surface area contributed by atoms with Crippen LogP contribution in [0.5, 0.6) is 11.5 Å². The molecule has 34 heavy (non-hydrogen) atoms. The lowest BCUT2D eigenvalue weighted by molar-refractivity contribution is 0.281. The molecular weight excluding hydrogens is 416 g/mol. The summed E-state index contributed by atoms with van der Waals surface area (Å²) in [6, 6.07) is 23.3. The molecule has 3 aromatic carbocycles. The van der Waals surface area contributed by atoms with Crippen molar-refractivity contribution in [3.8, 4) is 33.8 Å². The van der Waals surface area contributed by atoms with Gasteiger partial charge in [0.2, 0.25) is 0 Å². The highest BCUT2D eigenvalue weighted by atomic mass is 16.5. The van der Waals surface area contributed by atoms with E-state index in [1.165, 1.54) is 35.1 Å². The Morgan fingerprint density at radius 3 is 1.62 bits per heavy atom. The lowest BCUT2D eigenvalue weighted by Gasteiger charge is -2.13. The number of rotatable bonds is 13. The summed E-state index contributed by atoms with van der Waals surface area (Å²) in [7, 11) is 0. The molecule has 0 amide bonds. The molecule has 0 radical (unpaired) electrons. The van der Waals surface area contributed by atoms with Crippen molar-refractivity contribution >= 4 is 6.08 Å². The number of benzene rings is 3. The Balaban J connectivity index is 1.67. The smallest absolute Gasteiger partial charge is 0.119 e. The van der Waals surface area contributed by atoms with Crippen LogP contribution < -0.4 is 9.47 Å². The Morgan fingerprint density at radius 2 is 1.15 bits per heavy atom. The van der Waals surface area contributed by atoms with Crippen molar-refractivity contribution < 1.29 is 9.47 Å². The van der Waals surface area contributed by atoms with E-state index in [1.807, 2.05) is 6.08 Å². The Kier molecular flexibility index (Phi) is 9.82. The molecule has 3 rings (SSSR count). The molecule has 0 saturated carbocycles. The lowest BCUT2D eigenvalue weighted by Crippen LogP contribution is -2.03. The van der Waals surface area contributed by atoms with Crippen LogP contribution in [0, 0.1) is 11.8 Å². The summed E-state index contributed by atoms with van der Waals surface area (Å²) in [5.41, 5.74) is 5.82. The summed E-state index contributed by atoms with van der Waals surface area (Å²) in [4.78, 5) is 0. The SMILES string of the molecule is C=Cc1cc(-c2ccc(OCC[C@@H](C)CC)cc2)ccc1-c1ccc(OCC[C@@H](C)CC)cc1. The molecule has 0 unspecified atom stereocenters. The first-order valence-electron chi connectivity index (χ1n) is 12.8. The van der Waals surface area contributed by atoms with E-state index in [2.05, 4.69) is 101 Å². The number of ether oxygens (including phenoxy) is 2. The molecule has 0 heterocycles. The van der Waals surface area contributed by atoms with Crippen molar-refractivity contribution in [2.75, 3.05) is 13.2 Å². The zero-order valence-corrected chi connectivity index (χ0v) is 21.3. The highest BCUT2D eigenvalue weighted by Crippen LogP contribution is 2.31. The van der Waals surface area contributed by atoms with Crippen molar-refractivity contribution in [1.29, 1.82) is 0 Å². The van der Waals surface area contributed by atoms with Crippen LogP contribution in [0.25, 0.3) is 28.3 Å². The van der Waals surface area contributed by atoms with E-state index in [9.17, 15) is 0 Å². The third kappa shape index (κ3) is 7.25. The monoisotopic (exact) mass is 456 g/mol. The van der Waals surface area contributed by atoms with Crippen LogP contribution in [0.3, 0.4) is 0 Å². The second kappa shape index (κ2) is 13.0. The van der Waals surface area contributed by atoms with Gasteiger partial charge in [0.25, 0.3) is 0 Å². The molecule has 3 aromatic rings. The third-order valence-electron chi connectivity index (χ3n) is 6.78. The minimum Gasteiger partial charge on any atom is -0.494 e. The first-order valence-corrected chi connectivity index (χ1v) is 12.8. The van der Waals surface area contributed by atoms with E-state index in [0.717, 1.165) is 43.1 Å². The molecule has 0 aromatic heterocycles. The van der Waals surface area contributed by atoms with Crippen molar-refractivity contribution in [3.63, 3.8) is 0 Å². The summed E-state index contributed by atoms with van der Waals surface area (Å²) in [6.07, 6.45) is 6.50. The molecule has 2 heteroatoms. The maximum atomic E-state index is 5.92. The van der Waals surface area contributed by atoms with Gasteiger partial charge >= 0.3 is 0 Å². The molecule has 0 aliphatic carbocycles. The number of hydrogen-bond acceptors (Lipinski definition) is 2. The van der Waals surface area contributed by atoms with Crippen molar-refractivity contribution in [2.24, 2.45) is 11.8 Å². The summed E-state index contributed by atoms with van der Waals surface area (Å²) in [5.74, 6) is 3.26. The average Bonchev–Trinajstić information content (AvgIpc) is 2.89. The molecule has 2 nitrogen and oxygen atoms in total. The number of hydrogen-bond donors (Lipinski definition) is 0. The molecular formula is C32H40O2. The van der Waals surface area contributed by atoms with Crippen LogP contribution in [0.4, 0.5) is 0 Å². The first kappa shape index (κ1) is 25.6. The van der Waals surface area contributed by atoms with Gasteiger partial charge in [0.1, 0.15) is 11.5 Å². The molecule has 0 aliphatic heterocycles. The van der Waals surface area contributed by atoms with E-state index in [1.54, 1.807) is 0 Å². The van der Waals surface area contributed by atoms with Gasteiger partial charge in [-0.2, -0.15) is 0 Å². The van der Waals surface area contributed by atoms with Crippen molar-refractivity contribution in [2.45, 2.75) is 53.4 Å². The molecule has 0 saturated heterocycles. The zero-order chi connectivity index (χ0) is 24.3. The van der Waals surface area contributed by atoms with Gasteiger partial charge in [0, 0.05) is 0 Å². The maximum Gasteiger partial charge on any atom is 0.119 e. The Bertz CT molecular complexity index is 1020. The van der Waals surface area contributed by atoms with E-state index in [-0.39, 0.29) is 0 Å². The summed E-state index contributed by atoms with van der Waals surface area (Å²) < 4.78 is 11.8. The average molecular weight is 457 g/mol. The second-order valence-corrected chi connectivity index (χ2v) is 9.36. The van der Waals surface area contributed by atoms with Gasteiger partial charge in [-0.3, -0.25) is 0 Å². The standard InChI is InChI=1S/C32H40O2/c1-6-24(4)19-21-33-30-14-9-27(10-15-30)29-13-18-32(26(8-3)23-29)28-11-16-31(17-12-28)34-22-20-25(5)7-2/h8-18,23-25H,3,6-7,19-22H2,1-2,4-5H3/t24-,25-/m0/s1. The van der Waals surface area contributed by atoms with E-state index in [4.69, 9.17) is 9.47 Å². The predicted molar refractivity (Wildman–Crippen MR) is 147 cm³/mol. The fourth-order valence-corrected chi connectivity index (χ4v) is 3.81. The van der Waals surface area contributed by atoms with Gasteiger partial charge in [0.15, 0.2) is 0 Å². The summed E-state index contributed by atoms with van der Waals surface area (Å²) in [5, 5.41) is 0. The molecule has 0 aliphatic rings. The Hall–Kier alpha value is -3.00. The molecule has 0 bridgehead atoms. The highest BCUT2D eigenvalue weighted by molar-refractivity contribution is 5.79. The van der Waals surface area contributed by atoms with E-state index >= 15 is 0 Å². The molecule has 2 atom stereocenters. The van der Waals surface area contributed by atoms with Crippen molar-refractivity contribution in [1.82, 2.24) is 0 Å². The Labute approximate surface area is 206 Å². The van der Waals surface area contributed by atoms with Gasteiger partial charge < -0.3 is 9.47 Å². The second-order valence-electron chi connectivity index (χ2n) is 9.36. The predicted octanol–water partition coefficient (Wildman–Crippen LogP) is 9.29. The molecule has 0 fully saturated rings. The molecule has 180 valence electrons. The zero-order valence-electron chi connectivity index (χ0n) is 21.3. The van der Waals surface area contributed by atoms with Crippen molar-refractivity contribution in [3.05, 3.63) is 78.9 Å². The van der Waals surface area contributed by atoms with E-state index in [0.29, 0.717) is 11.8 Å². The fourth-order valence-electron chi connectivity index (χ4n) is 3.81. The normalized spacial score (nSPS) is 12.7. The maximum absolute atomic E-state index is 5.92. The van der Waals surface area contributed by atoms with Crippen LogP contribution in [0.2, 0.25) is 0 Å². The van der Waals surface area contributed by atoms with Crippen LogP contribution in [0.15, 0.2) is 73.3 Å². The minimum absolute atomic E-state index is 0.700. The quantitative estimate of drug-likeness (QED) is 0.255. The van der Waals surface area contributed by atoms with Crippen LogP contribution in [0.1, 0.15) is 58.9 Å². The molecule has 0 spiro atoms. The summed E-state index contributed by atoms with van der Waals surface area (Å²) >= 11 is 0. The highest BCUT2D eigenvalue weighted by Gasteiger charge is 2.08. The van der Waals surface area contributed by atoms with Gasteiger partial charge in [-0.25, -0.2) is 0 Å². The fraction of sp³-hybridized carbons (Fsp3) is 0.375. The van der Waals surface area contributed by atoms with Gasteiger partial charge in [-0.15, -0.1) is 0 Å². The first-order chi connectivity index (χ1) is 16.5. The van der Waals surface area contributed by atoms with Crippen LogP contribution in [-0.4, -0.2) is 13.2 Å². The van der Waals surface area contributed by atoms with Crippen LogP contribution in [-0.2, 0) is 0 Å². The lowest BCUT2D eigenvalue weighted by atomic mass is 9.95. The third-order valence-corrected chi connectivity index (χ3v) is 6.78. The van der Waals surface area contributed by atoms with Gasteiger partial charge in [-0.05, 0) is 82.8 Å². The minimum atomic E-state index is 0.700. The summed E-state index contributed by atoms with van der Waals surface area (Å²) in [6.45, 7) is 14.6. The van der Waals surface area contributed by atoms with Gasteiger partial charge in [-0.1, -0.05) is 89.6 Å². The largest absolute Gasteiger partial charge is 0.494 e. The van der Waals surface area contributed by atoms with E-state index < -0.39 is 0 Å². The Morgan fingerprint density at radius 1 is 0.676 bits per heavy atom. The topological polar surface area (TPSA) is 18.5 Å².